The molecule has 26 heavy (non-hydrogen) atoms. The highest BCUT2D eigenvalue weighted by atomic mass is 35.5. The van der Waals surface area contributed by atoms with Gasteiger partial charge < -0.3 is 14.4 Å². The number of thiophene rings is 1. The van der Waals surface area contributed by atoms with Crippen molar-refractivity contribution in [2.24, 2.45) is 0 Å². The Hall–Kier alpha value is -1.75. The predicted octanol–water partition coefficient (Wildman–Crippen LogP) is 5.19. The molecule has 0 bridgehead atoms. The summed E-state index contributed by atoms with van der Waals surface area (Å²) in [5.74, 6) is 1.58. The zero-order chi connectivity index (χ0) is 18.3. The highest BCUT2D eigenvalue weighted by molar-refractivity contribution is 7.17. The Labute approximate surface area is 163 Å². The van der Waals surface area contributed by atoms with Gasteiger partial charge in [-0.05, 0) is 65.2 Å². The number of ether oxygens (including phenoxy) is 2. The van der Waals surface area contributed by atoms with Gasteiger partial charge in [-0.25, -0.2) is 0 Å². The molecule has 0 amide bonds. The second kappa shape index (κ2) is 7.10. The number of hydrogen-bond acceptors (Lipinski definition) is 4. The van der Waals surface area contributed by atoms with E-state index in [2.05, 4.69) is 47.7 Å². The Morgan fingerprint density at radius 1 is 1.15 bits per heavy atom. The molecular formula is C21H22ClNO2S. The molecule has 3 aromatic rings. The molecule has 0 spiro atoms. The van der Waals surface area contributed by atoms with Crippen molar-refractivity contribution < 1.29 is 9.47 Å². The molecule has 4 rings (SSSR count). The molecule has 1 aliphatic rings. The van der Waals surface area contributed by atoms with Crippen molar-refractivity contribution in [1.82, 2.24) is 4.90 Å². The molecule has 1 aromatic heterocycles. The summed E-state index contributed by atoms with van der Waals surface area (Å²) in [5.41, 5.74) is 3.73. The van der Waals surface area contributed by atoms with Crippen molar-refractivity contribution >= 4 is 33.0 Å². The molecule has 2 aromatic carbocycles. The van der Waals surface area contributed by atoms with Gasteiger partial charge in [0.1, 0.15) is 0 Å². The summed E-state index contributed by atoms with van der Waals surface area (Å²) < 4.78 is 12.4. The Bertz CT molecular complexity index is 953. The van der Waals surface area contributed by atoms with E-state index in [1.807, 2.05) is 0 Å². The maximum absolute atomic E-state index is 6.74. The molecule has 5 heteroatoms. The summed E-state index contributed by atoms with van der Waals surface area (Å²) >= 11 is 8.52. The van der Waals surface area contributed by atoms with Crippen molar-refractivity contribution in [1.29, 1.82) is 0 Å². The molecule has 0 fully saturated rings. The minimum absolute atomic E-state index is 0.249. The van der Waals surface area contributed by atoms with Crippen LogP contribution in [0.2, 0.25) is 5.02 Å². The molecule has 1 atom stereocenters. The lowest BCUT2D eigenvalue weighted by Gasteiger charge is -2.23. The van der Waals surface area contributed by atoms with Crippen molar-refractivity contribution in [2.45, 2.75) is 12.3 Å². The van der Waals surface area contributed by atoms with Crippen LogP contribution in [-0.2, 0) is 6.42 Å². The van der Waals surface area contributed by atoms with Gasteiger partial charge in [0, 0.05) is 23.7 Å². The first-order valence-corrected chi connectivity index (χ1v) is 9.97. The third-order valence-electron chi connectivity index (χ3n) is 5.24. The van der Waals surface area contributed by atoms with Crippen LogP contribution in [-0.4, -0.2) is 39.3 Å². The monoisotopic (exact) mass is 387 g/mol. The first kappa shape index (κ1) is 17.7. The summed E-state index contributed by atoms with van der Waals surface area (Å²) in [7, 11) is 5.47. The Morgan fingerprint density at radius 2 is 2.00 bits per heavy atom. The van der Waals surface area contributed by atoms with Crippen molar-refractivity contribution in [3.63, 3.8) is 0 Å². The number of hydrogen-bond donors (Lipinski definition) is 0. The lowest BCUT2D eigenvalue weighted by Crippen LogP contribution is -2.24. The quantitative estimate of drug-likeness (QED) is 0.617. The zero-order valence-corrected chi connectivity index (χ0v) is 16.8. The Balaban J connectivity index is 1.91. The van der Waals surface area contributed by atoms with E-state index in [0.717, 1.165) is 19.5 Å². The number of likely N-dealkylation sites (N-methyl/N-ethyl adjacent to an activating group) is 1. The topological polar surface area (TPSA) is 21.7 Å². The number of rotatable bonds is 3. The van der Waals surface area contributed by atoms with Gasteiger partial charge in [0.15, 0.2) is 11.5 Å². The lowest BCUT2D eigenvalue weighted by molar-refractivity contribution is 0.338. The summed E-state index contributed by atoms with van der Waals surface area (Å²) in [6, 6.07) is 11.1. The van der Waals surface area contributed by atoms with Crippen LogP contribution >= 0.6 is 22.9 Å². The zero-order valence-electron chi connectivity index (χ0n) is 15.2. The molecule has 3 nitrogen and oxygen atoms in total. The van der Waals surface area contributed by atoms with Crippen LogP contribution in [0.5, 0.6) is 11.5 Å². The summed E-state index contributed by atoms with van der Waals surface area (Å²) in [6.07, 6.45) is 0.905. The van der Waals surface area contributed by atoms with Crippen molar-refractivity contribution in [3.05, 3.63) is 57.4 Å². The molecule has 1 aliphatic heterocycles. The maximum Gasteiger partial charge on any atom is 0.179 e. The number of fused-ring (bicyclic) bond motifs is 2. The number of halogens is 1. The molecule has 0 saturated heterocycles. The minimum atomic E-state index is 0.249. The van der Waals surface area contributed by atoms with E-state index in [1.54, 1.807) is 25.6 Å². The van der Waals surface area contributed by atoms with E-state index < -0.39 is 0 Å². The van der Waals surface area contributed by atoms with E-state index in [-0.39, 0.29) is 5.92 Å². The fourth-order valence-electron chi connectivity index (χ4n) is 3.86. The molecule has 0 N–H and O–H groups in total. The van der Waals surface area contributed by atoms with Gasteiger partial charge in [0.25, 0.3) is 0 Å². The molecule has 136 valence electrons. The fraction of sp³-hybridized carbons (Fsp3) is 0.333. The van der Waals surface area contributed by atoms with Crippen molar-refractivity contribution in [2.75, 3.05) is 34.4 Å². The normalized spacial score (nSPS) is 17.8. The largest absolute Gasteiger partial charge is 0.493 e. The van der Waals surface area contributed by atoms with Crippen LogP contribution in [0, 0.1) is 0 Å². The fourth-order valence-corrected chi connectivity index (χ4v) is 5.01. The van der Waals surface area contributed by atoms with Gasteiger partial charge >= 0.3 is 0 Å². The van der Waals surface area contributed by atoms with Crippen LogP contribution in [0.1, 0.15) is 22.6 Å². The van der Waals surface area contributed by atoms with Gasteiger partial charge in [-0.3, -0.25) is 0 Å². The molecule has 0 saturated carbocycles. The van der Waals surface area contributed by atoms with Crippen LogP contribution in [0.15, 0.2) is 35.7 Å². The van der Waals surface area contributed by atoms with Gasteiger partial charge in [-0.2, -0.15) is 0 Å². The number of nitrogens with zero attached hydrogens (tertiary/aromatic N) is 1. The van der Waals surface area contributed by atoms with Crippen LogP contribution in [0.25, 0.3) is 10.1 Å². The highest BCUT2D eigenvalue weighted by Gasteiger charge is 2.28. The standard InChI is InChI=1S/C21H22ClNO2S/c1-23-8-6-15-16(11-18(24-2)21(25-3)20(15)22)17(12-23)13-4-5-19-14(10-13)7-9-26-19/h4-5,7,9-11,17H,6,8,12H2,1-3H3. The average Bonchev–Trinajstić information content (AvgIpc) is 3.05. The van der Waals surface area contributed by atoms with E-state index >= 15 is 0 Å². The third kappa shape index (κ3) is 2.96. The van der Waals surface area contributed by atoms with Gasteiger partial charge in [0.05, 0.1) is 19.2 Å². The molecule has 0 aliphatic carbocycles. The van der Waals surface area contributed by atoms with E-state index in [1.165, 1.54) is 26.8 Å². The van der Waals surface area contributed by atoms with E-state index in [0.29, 0.717) is 16.5 Å². The summed E-state index contributed by atoms with van der Waals surface area (Å²) in [4.78, 5) is 2.37. The first-order chi connectivity index (χ1) is 12.6. The summed E-state index contributed by atoms with van der Waals surface area (Å²) in [6.45, 7) is 1.92. The summed E-state index contributed by atoms with van der Waals surface area (Å²) in [5, 5.41) is 4.12. The highest BCUT2D eigenvalue weighted by Crippen LogP contribution is 2.44. The van der Waals surface area contributed by atoms with E-state index in [9.17, 15) is 0 Å². The van der Waals surface area contributed by atoms with Gasteiger partial charge in [0.2, 0.25) is 0 Å². The van der Waals surface area contributed by atoms with Crippen LogP contribution < -0.4 is 9.47 Å². The van der Waals surface area contributed by atoms with E-state index in [4.69, 9.17) is 21.1 Å². The second-order valence-electron chi connectivity index (χ2n) is 6.78. The average molecular weight is 388 g/mol. The van der Waals surface area contributed by atoms with Gasteiger partial charge in [-0.15, -0.1) is 11.3 Å². The smallest absolute Gasteiger partial charge is 0.179 e. The predicted molar refractivity (Wildman–Crippen MR) is 109 cm³/mol. The molecule has 1 unspecified atom stereocenters. The molecule has 2 heterocycles. The minimum Gasteiger partial charge on any atom is -0.493 e. The number of benzene rings is 2. The Morgan fingerprint density at radius 3 is 2.77 bits per heavy atom. The lowest BCUT2D eigenvalue weighted by atomic mass is 9.87. The van der Waals surface area contributed by atoms with Crippen LogP contribution in [0.4, 0.5) is 0 Å². The second-order valence-corrected chi connectivity index (χ2v) is 8.10. The first-order valence-electron chi connectivity index (χ1n) is 8.71. The SMILES string of the molecule is COc1cc2c(c(Cl)c1OC)CCN(C)CC2c1ccc2sccc2c1. The van der Waals surface area contributed by atoms with Crippen molar-refractivity contribution in [3.8, 4) is 11.5 Å². The number of methoxy groups -OCH3 is 2. The molecule has 0 radical (unpaired) electrons. The van der Waals surface area contributed by atoms with Gasteiger partial charge in [-0.1, -0.05) is 17.7 Å². The maximum atomic E-state index is 6.74. The Kier molecular flexibility index (Phi) is 4.82. The van der Waals surface area contributed by atoms with Crippen LogP contribution in [0.3, 0.4) is 0 Å². The molecular weight excluding hydrogens is 366 g/mol. The third-order valence-corrected chi connectivity index (χ3v) is 6.54.